The molecule has 2 aliphatic heterocycles. The number of carboxylic acids is 1. The molecule has 0 spiro atoms. The van der Waals surface area contributed by atoms with E-state index in [2.05, 4.69) is 26.9 Å². The number of alkyl halides is 1. The van der Waals surface area contributed by atoms with Gasteiger partial charge in [0.1, 0.15) is 11.9 Å². The summed E-state index contributed by atoms with van der Waals surface area (Å²) in [6.45, 7) is 4.17. The van der Waals surface area contributed by atoms with Crippen molar-refractivity contribution < 1.29 is 19.0 Å². The molecule has 2 fully saturated rings. The van der Waals surface area contributed by atoms with Crippen molar-refractivity contribution in [1.82, 2.24) is 9.47 Å². The second-order valence-corrected chi connectivity index (χ2v) is 11.2. The Morgan fingerprint density at radius 1 is 1.05 bits per heavy atom. The lowest BCUT2D eigenvalue weighted by Crippen LogP contribution is -2.30. The van der Waals surface area contributed by atoms with E-state index >= 15 is 4.39 Å². The molecule has 1 saturated carbocycles. The van der Waals surface area contributed by atoms with Crippen LogP contribution in [-0.4, -0.2) is 59.5 Å². The van der Waals surface area contributed by atoms with Gasteiger partial charge in [0.15, 0.2) is 0 Å². The van der Waals surface area contributed by atoms with Gasteiger partial charge in [0, 0.05) is 53.3 Å². The molecule has 3 heterocycles. The number of nitrogens with one attached hydrogen (secondary N) is 1. The van der Waals surface area contributed by atoms with Gasteiger partial charge in [-0.05, 0) is 81.4 Å². The van der Waals surface area contributed by atoms with Crippen LogP contribution in [0.2, 0.25) is 0 Å². The number of hydrogen-bond donors (Lipinski definition) is 2. The largest absolute Gasteiger partial charge is 0.497 e. The summed E-state index contributed by atoms with van der Waals surface area (Å²) in [6.07, 6.45) is 6.92. The number of methoxy groups -OCH3 is 1. The molecule has 38 heavy (non-hydrogen) atoms. The van der Waals surface area contributed by atoms with Crippen LogP contribution in [0.3, 0.4) is 0 Å². The molecule has 6 rings (SSSR count). The second-order valence-electron chi connectivity index (χ2n) is 11.2. The van der Waals surface area contributed by atoms with Crippen LogP contribution in [-0.2, 0) is 6.54 Å². The number of anilines is 1. The smallest absolute Gasteiger partial charge is 0.335 e. The van der Waals surface area contributed by atoms with Crippen LogP contribution >= 0.6 is 0 Å². The zero-order valence-corrected chi connectivity index (χ0v) is 22.2. The summed E-state index contributed by atoms with van der Waals surface area (Å²) in [5, 5.41) is 14.6. The zero-order valence-electron chi connectivity index (χ0n) is 22.2. The van der Waals surface area contributed by atoms with Gasteiger partial charge in [-0.15, -0.1) is 0 Å². The van der Waals surface area contributed by atoms with Crippen LogP contribution in [0.25, 0.3) is 22.2 Å². The van der Waals surface area contributed by atoms with Gasteiger partial charge in [-0.3, -0.25) is 0 Å². The van der Waals surface area contributed by atoms with Crippen molar-refractivity contribution in [3.63, 3.8) is 0 Å². The number of fused-ring (bicyclic) bond motifs is 5. The first kappa shape index (κ1) is 25.2. The number of rotatable bonds is 6. The van der Waals surface area contributed by atoms with Crippen molar-refractivity contribution in [2.24, 2.45) is 0 Å². The molecule has 0 radical (unpaired) electrons. The molecular weight excluding hydrogens is 481 g/mol. The van der Waals surface area contributed by atoms with E-state index in [0.717, 1.165) is 84.4 Å². The molecule has 2 unspecified atom stereocenters. The van der Waals surface area contributed by atoms with E-state index in [9.17, 15) is 9.90 Å². The van der Waals surface area contributed by atoms with Gasteiger partial charge in [0.25, 0.3) is 0 Å². The van der Waals surface area contributed by atoms with Gasteiger partial charge in [-0.25, -0.2) is 9.18 Å². The minimum Gasteiger partial charge on any atom is -0.497 e. The molecule has 3 aliphatic rings. The molecule has 3 aromatic rings. The highest BCUT2D eigenvalue weighted by atomic mass is 19.1. The number of aromatic nitrogens is 1. The summed E-state index contributed by atoms with van der Waals surface area (Å²) >= 11 is 0. The monoisotopic (exact) mass is 519 g/mol. The average molecular weight is 520 g/mol. The van der Waals surface area contributed by atoms with Crippen LogP contribution in [0, 0.1) is 0 Å². The average Bonchev–Trinajstić information content (AvgIpc) is 3.55. The maximum absolute atomic E-state index is 15.6. The highest BCUT2D eigenvalue weighted by molar-refractivity contribution is 5.99. The highest BCUT2D eigenvalue weighted by Gasteiger charge is 2.34. The van der Waals surface area contributed by atoms with Gasteiger partial charge in [0.05, 0.1) is 18.4 Å². The first-order valence-electron chi connectivity index (χ1n) is 14.2. The van der Waals surface area contributed by atoms with Crippen LogP contribution in [0.5, 0.6) is 5.75 Å². The minimum absolute atomic E-state index is 0.196. The van der Waals surface area contributed by atoms with Crippen molar-refractivity contribution in [2.45, 2.75) is 76.0 Å². The standard InChI is InChI=1S/C31H38FN3O3/c1-38-22-9-11-24-27(19-22)33-21(12-16-34-14-4-5-15-34)13-17-35-28-18-20(31(36)37)8-10-25(28)29(30(24)35)23-6-2-3-7-26(23)32/h8-11,18-19,21,23,26,33H,2-7,12-17H2,1H3,(H,36,37)/t21?,23?,26-/m0/s1. The van der Waals surface area contributed by atoms with E-state index in [1.54, 1.807) is 19.2 Å². The first-order chi connectivity index (χ1) is 18.5. The van der Waals surface area contributed by atoms with Crippen molar-refractivity contribution in [2.75, 3.05) is 32.1 Å². The van der Waals surface area contributed by atoms with E-state index in [0.29, 0.717) is 6.42 Å². The van der Waals surface area contributed by atoms with Gasteiger partial charge in [-0.2, -0.15) is 0 Å². The van der Waals surface area contributed by atoms with Crippen LogP contribution < -0.4 is 10.1 Å². The van der Waals surface area contributed by atoms with Crippen molar-refractivity contribution in [3.05, 3.63) is 47.5 Å². The van der Waals surface area contributed by atoms with E-state index in [1.807, 2.05) is 12.1 Å². The van der Waals surface area contributed by atoms with E-state index in [-0.39, 0.29) is 17.5 Å². The van der Waals surface area contributed by atoms with Crippen molar-refractivity contribution in [3.8, 4) is 17.0 Å². The maximum atomic E-state index is 15.6. The Bertz CT molecular complexity index is 1330. The third kappa shape index (κ3) is 4.66. The number of carboxylic acid groups (broad SMARTS) is 1. The molecule has 1 saturated heterocycles. The number of carbonyl (C=O) groups is 1. The summed E-state index contributed by atoms with van der Waals surface area (Å²) in [7, 11) is 1.68. The summed E-state index contributed by atoms with van der Waals surface area (Å²) in [5.41, 5.74) is 5.27. The molecular formula is C31H38FN3O3. The fourth-order valence-corrected chi connectivity index (χ4v) is 6.93. The SMILES string of the molecule is COc1ccc2c(c1)NC(CCN1CCCC1)CCn1c-2c(C2CCCC[C@@H]2F)c2ccc(C(=O)O)cc21. The van der Waals surface area contributed by atoms with Crippen molar-refractivity contribution in [1.29, 1.82) is 0 Å². The molecule has 3 atom stereocenters. The molecule has 202 valence electrons. The normalized spacial score (nSPS) is 23.8. The summed E-state index contributed by atoms with van der Waals surface area (Å²) < 4.78 is 23.4. The molecule has 2 aromatic carbocycles. The fourth-order valence-electron chi connectivity index (χ4n) is 6.93. The second kappa shape index (κ2) is 10.6. The van der Waals surface area contributed by atoms with Gasteiger partial charge in [0.2, 0.25) is 0 Å². The van der Waals surface area contributed by atoms with E-state index < -0.39 is 12.1 Å². The van der Waals surface area contributed by atoms with E-state index in [1.165, 1.54) is 25.9 Å². The van der Waals surface area contributed by atoms with Crippen LogP contribution in [0.4, 0.5) is 10.1 Å². The minimum atomic E-state index is -0.939. The maximum Gasteiger partial charge on any atom is 0.335 e. The Morgan fingerprint density at radius 3 is 2.63 bits per heavy atom. The lowest BCUT2D eigenvalue weighted by molar-refractivity contribution is 0.0697. The number of benzene rings is 2. The molecule has 6 nitrogen and oxygen atoms in total. The lowest BCUT2D eigenvalue weighted by Gasteiger charge is -2.31. The topological polar surface area (TPSA) is 66.7 Å². The first-order valence-corrected chi connectivity index (χ1v) is 14.2. The molecule has 1 aliphatic carbocycles. The lowest BCUT2D eigenvalue weighted by atomic mass is 9.80. The number of aromatic carboxylic acids is 1. The van der Waals surface area contributed by atoms with Gasteiger partial charge < -0.3 is 24.6 Å². The predicted molar refractivity (Wildman–Crippen MR) is 149 cm³/mol. The Morgan fingerprint density at radius 2 is 1.87 bits per heavy atom. The Balaban J connectivity index is 1.51. The molecule has 0 bridgehead atoms. The number of likely N-dealkylation sites (tertiary alicyclic amines) is 1. The van der Waals surface area contributed by atoms with Crippen LogP contribution in [0.1, 0.15) is 73.2 Å². The highest BCUT2D eigenvalue weighted by Crippen LogP contribution is 2.48. The Kier molecular flexibility index (Phi) is 7.04. The molecule has 7 heteroatoms. The summed E-state index contributed by atoms with van der Waals surface area (Å²) in [6, 6.07) is 11.8. The number of hydrogen-bond acceptors (Lipinski definition) is 4. The van der Waals surface area contributed by atoms with E-state index in [4.69, 9.17) is 4.74 Å². The molecule has 1 aromatic heterocycles. The number of halogens is 1. The predicted octanol–water partition coefficient (Wildman–Crippen LogP) is 6.68. The van der Waals surface area contributed by atoms with Gasteiger partial charge >= 0.3 is 5.97 Å². The molecule has 2 N–H and O–H groups in total. The number of ether oxygens (including phenoxy) is 1. The van der Waals surface area contributed by atoms with Crippen LogP contribution in [0.15, 0.2) is 36.4 Å². The molecule has 0 amide bonds. The Labute approximate surface area is 223 Å². The summed E-state index contributed by atoms with van der Waals surface area (Å²) in [5.74, 6) is -0.349. The third-order valence-electron chi connectivity index (χ3n) is 8.94. The Hall–Kier alpha value is -3.06. The zero-order chi connectivity index (χ0) is 26.2. The number of aryl methyl sites for hydroxylation is 1. The quantitative estimate of drug-likeness (QED) is 0.380. The summed E-state index contributed by atoms with van der Waals surface area (Å²) in [4.78, 5) is 14.5. The third-order valence-corrected chi connectivity index (χ3v) is 8.94. The van der Waals surface area contributed by atoms with Gasteiger partial charge in [-0.1, -0.05) is 18.9 Å². The fraction of sp³-hybridized carbons (Fsp3) is 0.516. The number of nitrogens with zero attached hydrogens (tertiary/aromatic N) is 2. The van der Waals surface area contributed by atoms with Crippen molar-refractivity contribution >= 4 is 22.6 Å².